The molecule has 0 radical (unpaired) electrons. The molecule has 1 aromatic heterocycles. The van der Waals surface area contributed by atoms with Crippen LogP contribution in [-0.4, -0.2) is 19.9 Å². The van der Waals surface area contributed by atoms with Crippen molar-refractivity contribution in [3.05, 3.63) is 51.3 Å². The van der Waals surface area contributed by atoms with Crippen molar-refractivity contribution in [1.82, 2.24) is 15.0 Å². The maximum atomic E-state index is 10.6. The number of non-ortho nitro benzene ring substituents is 1. The summed E-state index contributed by atoms with van der Waals surface area (Å²) in [7, 11) is 0. The molecule has 0 aliphatic rings. The minimum Gasteiger partial charge on any atom is -0.258 e. The summed E-state index contributed by atoms with van der Waals surface area (Å²) in [4.78, 5) is 10.2. The van der Waals surface area contributed by atoms with Gasteiger partial charge in [-0.25, -0.2) is 4.68 Å². The van der Waals surface area contributed by atoms with Gasteiger partial charge in [0.05, 0.1) is 17.2 Å². The monoisotopic (exact) mass is 285 g/mol. The Bertz CT molecular complexity index is 670. The van der Waals surface area contributed by atoms with Gasteiger partial charge in [-0.15, -0.1) is 5.10 Å². The summed E-state index contributed by atoms with van der Waals surface area (Å²) < 4.78 is 1.69. The predicted octanol–water partition coefficient (Wildman–Crippen LogP) is 2.45. The zero-order chi connectivity index (χ0) is 15.2. The Hall–Kier alpha value is -2.75. The summed E-state index contributed by atoms with van der Waals surface area (Å²) in [5.41, 5.74) is 2.11. The number of hydrogen-bond acceptors (Lipinski definition) is 5. The van der Waals surface area contributed by atoms with Crippen LogP contribution in [0.2, 0.25) is 0 Å². The normalized spacial score (nSPS) is 10.3. The molecular formula is C14H15N5O2. The molecule has 0 saturated heterocycles. The average molecular weight is 285 g/mol. The van der Waals surface area contributed by atoms with Gasteiger partial charge in [-0.2, -0.15) is 5.26 Å². The van der Waals surface area contributed by atoms with Crippen LogP contribution in [0.1, 0.15) is 36.7 Å². The minimum atomic E-state index is -0.431. The van der Waals surface area contributed by atoms with E-state index >= 15 is 0 Å². The summed E-state index contributed by atoms with van der Waals surface area (Å²) in [6, 6.07) is 8.35. The summed E-state index contributed by atoms with van der Waals surface area (Å²) >= 11 is 0. The molecule has 0 aliphatic heterocycles. The summed E-state index contributed by atoms with van der Waals surface area (Å²) in [5.74, 6) is 0. The van der Waals surface area contributed by atoms with E-state index in [0.717, 1.165) is 30.5 Å². The van der Waals surface area contributed by atoms with E-state index in [0.29, 0.717) is 12.2 Å². The number of nitro groups is 1. The van der Waals surface area contributed by atoms with E-state index in [1.54, 1.807) is 16.8 Å². The quantitative estimate of drug-likeness (QED) is 0.599. The zero-order valence-corrected chi connectivity index (χ0v) is 11.7. The Balaban J connectivity index is 2.21. The van der Waals surface area contributed by atoms with Crippen LogP contribution in [0.25, 0.3) is 0 Å². The highest BCUT2D eigenvalue weighted by Gasteiger charge is 2.13. The number of nitro benzene ring substituents is 1. The van der Waals surface area contributed by atoms with Crippen LogP contribution in [0.3, 0.4) is 0 Å². The molecule has 0 unspecified atom stereocenters. The van der Waals surface area contributed by atoms with Gasteiger partial charge in [-0.3, -0.25) is 10.1 Å². The van der Waals surface area contributed by atoms with Crippen molar-refractivity contribution in [2.75, 3.05) is 0 Å². The van der Waals surface area contributed by atoms with Gasteiger partial charge in [-0.05, 0) is 18.4 Å². The topological polar surface area (TPSA) is 97.6 Å². The van der Waals surface area contributed by atoms with Gasteiger partial charge >= 0.3 is 0 Å². The van der Waals surface area contributed by atoms with Gasteiger partial charge in [-0.1, -0.05) is 30.7 Å². The number of nitriles is 1. The standard InChI is InChI=1S/C14H15N5O2/c1-2-3-4-14-13(9-15)16-17-18(14)10-11-5-7-12(8-6-11)19(20)21/h5-8H,2-4,10H2,1H3. The van der Waals surface area contributed by atoms with E-state index < -0.39 is 4.92 Å². The summed E-state index contributed by atoms with van der Waals surface area (Å²) in [6.07, 6.45) is 2.73. The number of nitrogens with zero attached hydrogens (tertiary/aromatic N) is 5. The van der Waals surface area contributed by atoms with E-state index in [-0.39, 0.29) is 5.69 Å². The van der Waals surface area contributed by atoms with Crippen LogP contribution in [-0.2, 0) is 13.0 Å². The molecule has 7 heteroatoms. The van der Waals surface area contributed by atoms with Gasteiger partial charge in [0.1, 0.15) is 6.07 Å². The van der Waals surface area contributed by atoms with Gasteiger partial charge in [0.25, 0.3) is 5.69 Å². The van der Waals surface area contributed by atoms with Crippen molar-refractivity contribution < 1.29 is 4.92 Å². The highest BCUT2D eigenvalue weighted by Crippen LogP contribution is 2.15. The predicted molar refractivity (Wildman–Crippen MR) is 75.5 cm³/mol. The van der Waals surface area contributed by atoms with Crippen molar-refractivity contribution >= 4 is 5.69 Å². The van der Waals surface area contributed by atoms with E-state index in [4.69, 9.17) is 5.26 Å². The third-order valence-corrected chi connectivity index (χ3v) is 3.19. The van der Waals surface area contributed by atoms with Gasteiger partial charge in [0, 0.05) is 12.1 Å². The molecule has 108 valence electrons. The van der Waals surface area contributed by atoms with Crippen molar-refractivity contribution in [2.45, 2.75) is 32.7 Å². The molecule has 0 fully saturated rings. The lowest BCUT2D eigenvalue weighted by atomic mass is 10.1. The largest absolute Gasteiger partial charge is 0.269 e. The molecule has 0 spiro atoms. The Morgan fingerprint density at radius 2 is 2.10 bits per heavy atom. The molecule has 2 aromatic rings. The second kappa shape index (κ2) is 6.61. The first kappa shape index (κ1) is 14.7. The second-order valence-corrected chi connectivity index (χ2v) is 4.68. The molecule has 0 amide bonds. The Labute approximate surface area is 122 Å². The SMILES string of the molecule is CCCCc1c(C#N)nnn1Cc1ccc([N+](=O)[O-])cc1. The van der Waals surface area contributed by atoms with Crippen LogP contribution < -0.4 is 0 Å². The lowest BCUT2D eigenvalue weighted by Gasteiger charge is -2.06. The Morgan fingerprint density at radius 3 is 2.67 bits per heavy atom. The molecule has 21 heavy (non-hydrogen) atoms. The molecule has 1 heterocycles. The molecule has 0 N–H and O–H groups in total. The number of hydrogen-bond donors (Lipinski definition) is 0. The highest BCUT2D eigenvalue weighted by atomic mass is 16.6. The Kier molecular flexibility index (Phi) is 4.61. The summed E-state index contributed by atoms with van der Waals surface area (Å²) in [6.45, 7) is 2.53. The van der Waals surface area contributed by atoms with Crippen LogP contribution in [0.15, 0.2) is 24.3 Å². The molecule has 0 aliphatic carbocycles. The minimum absolute atomic E-state index is 0.0567. The van der Waals surface area contributed by atoms with Crippen LogP contribution in [0.5, 0.6) is 0 Å². The van der Waals surface area contributed by atoms with Gasteiger partial charge in [0.2, 0.25) is 0 Å². The van der Waals surface area contributed by atoms with Gasteiger partial charge < -0.3 is 0 Å². The number of rotatable bonds is 6. The first-order valence-corrected chi connectivity index (χ1v) is 6.71. The molecule has 0 saturated carbocycles. The highest BCUT2D eigenvalue weighted by molar-refractivity contribution is 5.33. The fourth-order valence-corrected chi connectivity index (χ4v) is 2.03. The first-order chi connectivity index (χ1) is 10.2. The fraction of sp³-hybridized carbons (Fsp3) is 0.357. The lowest BCUT2D eigenvalue weighted by Crippen LogP contribution is -2.07. The maximum Gasteiger partial charge on any atom is 0.269 e. The molecular weight excluding hydrogens is 270 g/mol. The number of aromatic nitrogens is 3. The third kappa shape index (κ3) is 3.42. The molecule has 0 bridgehead atoms. The Morgan fingerprint density at radius 1 is 1.38 bits per heavy atom. The number of unbranched alkanes of at least 4 members (excludes halogenated alkanes) is 1. The molecule has 7 nitrogen and oxygen atoms in total. The third-order valence-electron chi connectivity index (χ3n) is 3.19. The average Bonchev–Trinajstić information content (AvgIpc) is 2.87. The maximum absolute atomic E-state index is 10.6. The lowest BCUT2D eigenvalue weighted by molar-refractivity contribution is -0.384. The fourth-order valence-electron chi connectivity index (χ4n) is 2.03. The van der Waals surface area contributed by atoms with Crippen molar-refractivity contribution in [2.24, 2.45) is 0 Å². The zero-order valence-electron chi connectivity index (χ0n) is 11.7. The van der Waals surface area contributed by atoms with E-state index in [9.17, 15) is 10.1 Å². The number of benzene rings is 1. The first-order valence-electron chi connectivity index (χ1n) is 6.71. The van der Waals surface area contributed by atoms with Gasteiger partial charge in [0.15, 0.2) is 5.69 Å². The smallest absolute Gasteiger partial charge is 0.258 e. The van der Waals surface area contributed by atoms with Crippen molar-refractivity contribution in [1.29, 1.82) is 5.26 Å². The van der Waals surface area contributed by atoms with Crippen LogP contribution >= 0.6 is 0 Å². The van der Waals surface area contributed by atoms with E-state index in [2.05, 4.69) is 23.3 Å². The van der Waals surface area contributed by atoms with E-state index in [1.165, 1.54) is 12.1 Å². The summed E-state index contributed by atoms with van der Waals surface area (Å²) in [5, 5.41) is 27.6. The van der Waals surface area contributed by atoms with Crippen molar-refractivity contribution in [3.8, 4) is 6.07 Å². The second-order valence-electron chi connectivity index (χ2n) is 4.68. The van der Waals surface area contributed by atoms with Crippen molar-refractivity contribution in [3.63, 3.8) is 0 Å². The van der Waals surface area contributed by atoms with Crippen LogP contribution in [0.4, 0.5) is 5.69 Å². The molecule has 0 atom stereocenters. The molecule has 1 aromatic carbocycles. The molecule has 2 rings (SSSR count). The van der Waals surface area contributed by atoms with Crippen LogP contribution in [0, 0.1) is 21.4 Å². The van der Waals surface area contributed by atoms with E-state index in [1.807, 2.05) is 0 Å².